The predicted octanol–water partition coefficient (Wildman–Crippen LogP) is 2.27. The van der Waals surface area contributed by atoms with Gasteiger partial charge in [-0.05, 0) is 13.8 Å². The summed E-state index contributed by atoms with van der Waals surface area (Å²) in [5.74, 6) is 0.423. The molecule has 1 aromatic carbocycles. The van der Waals surface area contributed by atoms with E-state index in [2.05, 4.69) is 5.32 Å². The fourth-order valence-electron chi connectivity index (χ4n) is 1.67. The molecule has 1 N–H and O–H groups in total. The Morgan fingerprint density at radius 1 is 1.38 bits per heavy atom. The fourth-order valence-corrected chi connectivity index (χ4v) is 1.67. The van der Waals surface area contributed by atoms with Crippen molar-refractivity contribution in [3.8, 4) is 5.75 Å². The Kier molecular flexibility index (Phi) is 5.95. The van der Waals surface area contributed by atoms with E-state index in [1.807, 2.05) is 13.8 Å². The van der Waals surface area contributed by atoms with E-state index in [1.54, 1.807) is 20.2 Å². The molecule has 0 aliphatic carbocycles. The number of hydrogen-bond donors (Lipinski definition) is 1. The molecule has 1 rings (SSSR count). The van der Waals surface area contributed by atoms with E-state index in [1.165, 1.54) is 17.0 Å². The molecular weight excluding hydrogens is 274 g/mol. The van der Waals surface area contributed by atoms with Crippen molar-refractivity contribution >= 4 is 17.3 Å². The molecule has 0 radical (unpaired) electrons. The van der Waals surface area contributed by atoms with Crippen LogP contribution >= 0.6 is 0 Å². The molecule has 0 heterocycles. The quantitative estimate of drug-likeness (QED) is 0.616. The number of non-ortho nitro benzene ring substituents is 1. The smallest absolute Gasteiger partial charge is 0.275 e. The van der Waals surface area contributed by atoms with Gasteiger partial charge in [-0.3, -0.25) is 14.9 Å². The minimum atomic E-state index is -0.469. The lowest BCUT2D eigenvalue weighted by molar-refractivity contribution is -0.384. The molecule has 116 valence electrons. The first-order chi connectivity index (χ1) is 9.79. The average molecular weight is 295 g/mol. The second kappa shape index (κ2) is 7.47. The number of nitro benzene ring substituents is 1. The summed E-state index contributed by atoms with van der Waals surface area (Å²) < 4.78 is 5.49. The predicted molar refractivity (Wildman–Crippen MR) is 80.7 cm³/mol. The molecule has 0 aliphatic heterocycles. The maximum absolute atomic E-state index is 11.5. The van der Waals surface area contributed by atoms with E-state index in [0.29, 0.717) is 24.4 Å². The molecule has 0 atom stereocenters. The van der Waals surface area contributed by atoms with E-state index < -0.39 is 4.92 Å². The molecule has 0 spiro atoms. The standard InChI is InChI=1S/C14H21N3O4/c1-10(2)21-13-8-11(7-12(9-13)17(19)20)15-6-5-14(18)16(3)4/h7-10,15H,5-6H2,1-4H3. The van der Waals surface area contributed by atoms with Gasteiger partial charge in [0.05, 0.1) is 17.1 Å². The maximum Gasteiger partial charge on any atom is 0.275 e. The molecule has 0 aromatic heterocycles. The molecular formula is C14H21N3O4. The van der Waals surface area contributed by atoms with Crippen LogP contribution in [0.4, 0.5) is 11.4 Å². The molecule has 1 aromatic rings. The van der Waals surface area contributed by atoms with E-state index in [0.717, 1.165) is 0 Å². The van der Waals surface area contributed by atoms with Gasteiger partial charge < -0.3 is 15.0 Å². The van der Waals surface area contributed by atoms with Gasteiger partial charge in [-0.25, -0.2) is 0 Å². The summed E-state index contributed by atoms with van der Waals surface area (Å²) in [6.07, 6.45) is 0.242. The molecule has 0 saturated carbocycles. The molecule has 21 heavy (non-hydrogen) atoms. The first kappa shape index (κ1) is 16.7. The van der Waals surface area contributed by atoms with E-state index in [4.69, 9.17) is 4.74 Å². The Morgan fingerprint density at radius 2 is 2.05 bits per heavy atom. The summed E-state index contributed by atoms with van der Waals surface area (Å²) in [6, 6.07) is 4.50. The highest BCUT2D eigenvalue weighted by atomic mass is 16.6. The largest absolute Gasteiger partial charge is 0.491 e. The summed E-state index contributed by atoms with van der Waals surface area (Å²) in [7, 11) is 3.37. The number of rotatable bonds is 7. The lowest BCUT2D eigenvalue weighted by atomic mass is 10.2. The van der Waals surface area contributed by atoms with Crippen LogP contribution in [0.15, 0.2) is 18.2 Å². The van der Waals surface area contributed by atoms with Gasteiger partial charge in [0.1, 0.15) is 5.75 Å². The second-order valence-electron chi connectivity index (χ2n) is 5.10. The molecule has 0 aliphatic rings. The Hall–Kier alpha value is -2.31. The van der Waals surface area contributed by atoms with Crippen LogP contribution in [0, 0.1) is 10.1 Å². The van der Waals surface area contributed by atoms with E-state index >= 15 is 0 Å². The highest BCUT2D eigenvalue weighted by Crippen LogP contribution is 2.26. The SMILES string of the molecule is CC(C)Oc1cc(NCCC(=O)N(C)C)cc([N+](=O)[O-])c1. The van der Waals surface area contributed by atoms with Crippen LogP contribution in [0.25, 0.3) is 0 Å². The molecule has 1 amide bonds. The number of ether oxygens (including phenoxy) is 1. The van der Waals surface area contributed by atoms with Crippen molar-refractivity contribution < 1.29 is 14.5 Å². The molecule has 0 fully saturated rings. The fraction of sp³-hybridized carbons (Fsp3) is 0.500. The molecule has 7 nitrogen and oxygen atoms in total. The van der Waals surface area contributed by atoms with Crippen LogP contribution in [-0.4, -0.2) is 42.5 Å². The summed E-state index contributed by atoms with van der Waals surface area (Å²) in [4.78, 5) is 23.4. The highest BCUT2D eigenvalue weighted by Gasteiger charge is 2.12. The Morgan fingerprint density at radius 3 is 2.57 bits per heavy atom. The number of anilines is 1. The number of carbonyl (C=O) groups is 1. The van der Waals surface area contributed by atoms with Gasteiger partial charge in [0.15, 0.2) is 0 Å². The van der Waals surface area contributed by atoms with Gasteiger partial charge in [0.2, 0.25) is 5.91 Å². The third-order valence-corrected chi connectivity index (χ3v) is 2.64. The van der Waals surface area contributed by atoms with Crippen molar-refractivity contribution in [3.05, 3.63) is 28.3 Å². The third kappa shape index (κ3) is 5.68. The van der Waals surface area contributed by atoms with Crippen molar-refractivity contribution in [1.29, 1.82) is 0 Å². The summed E-state index contributed by atoms with van der Waals surface area (Å²) >= 11 is 0. The lowest BCUT2D eigenvalue weighted by Crippen LogP contribution is -2.23. The number of benzene rings is 1. The van der Waals surface area contributed by atoms with Crippen molar-refractivity contribution in [2.75, 3.05) is 26.0 Å². The number of hydrogen-bond acceptors (Lipinski definition) is 5. The number of amides is 1. The van der Waals surface area contributed by atoms with Crippen LogP contribution in [-0.2, 0) is 4.79 Å². The van der Waals surface area contributed by atoms with Crippen molar-refractivity contribution in [1.82, 2.24) is 4.90 Å². The first-order valence-electron chi connectivity index (χ1n) is 6.69. The summed E-state index contributed by atoms with van der Waals surface area (Å²) in [5, 5.41) is 13.9. The summed E-state index contributed by atoms with van der Waals surface area (Å²) in [6.45, 7) is 4.10. The Balaban J connectivity index is 2.78. The van der Waals surface area contributed by atoms with Crippen LogP contribution < -0.4 is 10.1 Å². The second-order valence-corrected chi connectivity index (χ2v) is 5.10. The zero-order valence-corrected chi connectivity index (χ0v) is 12.8. The number of nitro groups is 1. The average Bonchev–Trinajstić information content (AvgIpc) is 2.37. The van der Waals surface area contributed by atoms with Crippen LogP contribution in [0.1, 0.15) is 20.3 Å². The van der Waals surface area contributed by atoms with E-state index in [9.17, 15) is 14.9 Å². The van der Waals surface area contributed by atoms with Gasteiger partial charge in [0.25, 0.3) is 5.69 Å². The topological polar surface area (TPSA) is 84.7 Å². The van der Waals surface area contributed by atoms with Gasteiger partial charge >= 0.3 is 0 Å². The zero-order chi connectivity index (χ0) is 16.0. The third-order valence-electron chi connectivity index (χ3n) is 2.64. The summed E-state index contributed by atoms with van der Waals surface area (Å²) in [5.41, 5.74) is 0.515. The normalized spacial score (nSPS) is 10.3. The van der Waals surface area contributed by atoms with Crippen LogP contribution in [0.5, 0.6) is 5.75 Å². The van der Waals surface area contributed by atoms with E-state index in [-0.39, 0.29) is 17.7 Å². The Bertz CT molecular complexity index is 515. The van der Waals surface area contributed by atoms with Gasteiger partial charge in [-0.15, -0.1) is 0 Å². The zero-order valence-electron chi connectivity index (χ0n) is 12.8. The van der Waals surface area contributed by atoms with Crippen molar-refractivity contribution in [2.24, 2.45) is 0 Å². The molecule has 0 saturated heterocycles. The number of nitrogens with one attached hydrogen (secondary N) is 1. The van der Waals surface area contributed by atoms with Crippen molar-refractivity contribution in [3.63, 3.8) is 0 Å². The molecule has 0 bridgehead atoms. The van der Waals surface area contributed by atoms with Crippen LogP contribution in [0.3, 0.4) is 0 Å². The van der Waals surface area contributed by atoms with Gasteiger partial charge in [-0.2, -0.15) is 0 Å². The Labute approximate surface area is 124 Å². The first-order valence-corrected chi connectivity index (χ1v) is 6.69. The number of carbonyl (C=O) groups excluding carboxylic acids is 1. The van der Waals surface area contributed by atoms with Gasteiger partial charge in [0, 0.05) is 44.9 Å². The monoisotopic (exact) mass is 295 g/mol. The molecule has 0 unspecified atom stereocenters. The highest BCUT2D eigenvalue weighted by molar-refractivity contribution is 5.76. The molecule has 7 heteroatoms. The van der Waals surface area contributed by atoms with Crippen LogP contribution in [0.2, 0.25) is 0 Å². The number of nitrogens with zero attached hydrogens (tertiary/aromatic N) is 2. The maximum atomic E-state index is 11.5. The van der Waals surface area contributed by atoms with Gasteiger partial charge in [-0.1, -0.05) is 0 Å². The minimum Gasteiger partial charge on any atom is -0.491 e. The van der Waals surface area contributed by atoms with Crippen molar-refractivity contribution in [2.45, 2.75) is 26.4 Å². The lowest BCUT2D eigenvalue weighted by Gasteiger charge is -2.13. The minimum absolute atomic E-state index is 0.00779.